The predicted molar refractivity (Wildman–Crippen MR) is 158 cm³/mol. The summed E-state index contributed by atoms with van der Waals surface area (Å²) in [4.78, 5) is 33.6. The molecule has 1 aromatic heterocycles. The van der Waals surface area contributed by atoms with Gasteiger partial charge in [-0.1, -0.05) is 66.5 Å². The van der Waals surface area contributed by atoms with Gasteiger partial charge in [-0.25, -0.2) is 0 Å². The van der Waals surface area contributed by atoms with E-state index >= 15 is 0 Å². The molecular weight excluding hydrogens is 524 g/mol. The van der Waals surface area contributed by atoms with Gasteiger partial charge in [0.15, 0.2) is 5.69 Å². The Bertz CT molecular complexity index is 1310. The van der Waals surface area contributed by atoms with Crippen molar-refractivity contribution >= 4 is 29.1 Å². The molecule has 0 N–H and O–H groups in total. The van der Waals surface area contributed by atoms with Crippen LogP contribution in [0.25, 0.3) is 0 Å². The minimum Gasteiger partial charge on any atom is -0.360 e. The van der Waals surface area contributed by atoms with Crippen LogP contribution in [-0.4, -0.2) is 52.9 Å². The number of anilines is 1. The molecule has 212 valence electrons. The average Bonchev–Trinajstić information content (AvgIpc) is 3.19. The summed E-state index contributed by atoms with van der Waals surface area (Å²) in [7, 11) is 0. The lowest BCUT2D eigenvalue weighted by molar-refractivity contribution is -0.118. The molecule has 0 bridgehead atoms. The molecule has 3 aromatic rings. The summed E-state index contributed by atoms with van der Waals surface area (Å²) in [5.41, 5.74) is 4.34. The number of aryl methyl sites for hydroxylation is 1. The molecule has 40 heavy (non-hydrogen) atoms. The summed E-state index contributed by atoms with van der Waals surface area (Å²) in [6, 6.07) is 16.1. The number of carbonyl (C=O) groups is 2. The molecule has 1 aliphatic carbocycles. The van der Waals surface area contributed by atoms with Gasteiger partial charge in [0.05, 0.1) is 5.69 Å². The Morgan fingerprint density at radius 2 is 1.77 bits per heavy atom. The second kappa shape index (κ2) is 13.5. The van der Waals surface area contributed by atoms with Crippen molar-refractivity contribution in [1.29, 1.82) is 0 Å². The van der Waals surface area contributed by atoms with E-state index in [1.54, 1.807) is 0 Å². The first-order chi connectivity index (χ1) is 19.5. The van der Waals surface area contributed by atoms with E-state index in [1.165, 1.54) is 5.56 Å². The van der Waals surface area contributed by atoms with Crippen LogP contribution < -0.4 is 4.90 Å². The summed E-state index contributed by atoms with van der Waals surface area (Å²) in [6.07, 6.45) is 6.93. The number of hydrogen-bond donors (Lipinski definition) is 0. The average molecular weight is 563 g/mol. The second-order valence-electron chi connectivity index (χ2n) is 10.9. The molecule has 2 heterocycles. The molecule has 1 aliphatic heterocycles. The van der Waals surface area contributed by atoms with Crippen LogP contribution in [-0.2, 0) is 30.7 Å². The number of nitrogens with zero attached hydrogens (tertiary/aromatic N) is 4. The minimum atomic E-state index is -0.113. The molecule has 0 unspecified atom stereocenters. The third-order valence-electron chi connectivity index (χ3n) is 7.95. The first-order valence-electron chi connectivity index (χ1n) is 14.6. The van der Waals surface area contributed by atoms with Gasteiger partial charge in [0, 0.05) is 62.7 Å². The van der Waals surface area contributed by atoms with Gasteiger partial charge >= 0.3 is 0 Å². The van der Waals surface area contributed by atoms with E-state index in [2.05, 4.69) is 34.3 Å². The maximum Gasteiger partial charge on any atom is 0.276 e. The van der Waals surface area contributed by atoms with Crippen molar-refractivity contribution in [3.05, 3.63) is 81.7 Å². The smallest absolute Gasteiger partial charge is 0.276 e. The van der Waals surface area contributed by atoms with Gasteiger partial charge in [-0.3, -0.25) is 14.5 Å². The van der Waals surface area contributed by atoms with Crippen LogP contribution in [0.5, 0.6) is 0 Å². The summed E-state index contributed by atoms with van der Waals surface area (Å²) in [6.45, 7) is 5.83. The fraction of sp³-hybridized carbons (Fsp3) is 0.469. The van der Waals surface area contributed by atoms with Crippen LogP contribution in [0.2, 0.25) is 5.02 Å². The van der Waals surface area contributed by atoms with Gasteiger partial charge in [0.2, 0.25) is 5.91 Å². The molecule has 2 amide bonds. The predicted octanol–water partition coefficient (Wildman–Crippen LogP) is 6.28. The van der Waals surface area contributed by atoms with Crippen LogP contribution in [0.4, 0.5) is 5.69 Å². The Kier molecular flexibility index (Phi) is 9.55. The Hall–Kier alpha value is -3.16. The Morgan fingerprint density at radius 1 is 0.950 bits per heavy atom. The molecule has 5 rings (SSSR count). The minimum absolute atomic E-state index is 0.0829. The fourth-order valence-corrected chi connectivity index (χ4v) is 5.98. The highest BCUT2D eigenvalue weighted by molar-refractivity contribution is 6.31. The highest BCUT2D eigenvalue weighted by Gasteiger charge is 2.29. The van der Waals surface area contributed by atoms with E-state index in [9.17, 15) is 9.59 Å². The number of fused-ring (bicyclic) bond motifs is 2. The number of hydrogen-bond acceptors (Lipinski definition) is 5. The lowest BCUT2D eigenvalue weighted by Gasteiger charge is -2.28. The maximum absolute atomic E-state index is 14.1. The molecule has 0 radical (unpaired) electrons. The van der Waals surface area contributed by atoms with E-state index in [0.29, 0.717) is 43.3 Å². The van der Waals surface area contributed by atoms with Crippen molar-refractivity contribution < 1.29 is 14.1 Å². The maximum atomic E-state index is 14.1. The van der Waals surface area contributed by atoms with Crippen molar-refractivity contribution in [2.75, 3.05) is 31.1 Å². The summed E-state index contributed by atoms with van der Waals surface area (Å²) >= 11 is 6.46. The Morgan fingerprint density at radius 3 is 2.60 bits per heavy atom. The van der Waals surface area contributed by atoms with Gasteiger partial charge in [0.1, 0.15) is 5.76 Å². The molecular formula is C32H39ClN4O3. The molecule has 8 heteroatoms. The van der Waals surface area contributed by atoms with Gasteiger partial charge in [-0.2, -0.15) is 0 Å². The quantitative estimate of drug-likeness (QED) is 0.342. The van der Waals surface area contributed by atoms with Crippen LogP contribution in [0.1, 0.15) is 78.4 Å². The number of aromatic nitrogens is 1. The standard InChI is InChI=1S/C32H39ClN4O3/c1-2-10-30(38)37-18-9-17-35(22-24-11-5-3-6-12-24)19-20-36(23-25-15-16-26(33)21-28(25)37)32(39)31-27-13-7-4-8-14-29(27)40-34-31/h3,5-6,11-12,15-16,21H,2,4,7-10,13-14,17-20,22-23H2,1H3. The zero-order valence-electron chi connectivity index (χ0n) is 23.4. The lowest BCUT2D eigenvalue weighted by atomic mass is 10.1. The van der Waals surface area contributed by atoms with Crippen molar-refractivity contribution in [1.82, 2.24) is 15.0 Å². The van der Waals surface area contributed by atoms with E-state index in [4.69, 9.17) is 16.1 Å². The normalized spacial score (nSPS) is 16.9. The third-order valence-corrected chi connectivity index (χ3v) is 8.18. The summed E-state index contributed by atoms with van der Waals surface area (Å²) < 4.78 is 5.68. The zero-order valence-corrected chi connectivity index (χ0v) is 24.2. The van der Waals surface area contributed by atoms with Crippen molar-refractivity contribution in [2.24, 2.45) is 0 Å². The number of carbonyl (C=O) groups excluding carboxylic acids is 2. The van der Waals surface area contributed by atoms with Crippen LogP contribution >= 0.6 is 11.6 Å². The van der Waals surface area contributed by atoms with E-state index in [1.807, 2.05) is 41.0 Å². The molecule has 7 nitrogen and oxygen atoms in total. The number of benzene rings is 2. The first kappa shape index (κ1) is 28.4. The van der Waals surface area contributed by atoms with Crippen molar-refractivity contribution in [2.45, 2.75) is 71.4 Å². The molecule has 0 atom stereocenters. The first-order valence-corrected chi connectivity index (χ1v) is 15.0. The molecule has 2 aliphatic rings. The Labute approximate surface area is 242 Å². The van der Waals surface area contributed by atoms with Gasteiger partial charge in [0.25, 0.3) is 5.91 Å². The van der Waals surface area contributed by atoms with E-state index in [-0.39, 0.29) is 11.8 Å². The number of halogens is 1. The van der Waals surface area contributed by atoms with Crippen LogP contribution in [0, 0.1) is 0 Å². The topological polar surface area (TPSA) is 69.9 Å². The molecule has 0 saturated heterocycles. The number of amides is 2. The molecule has 0 spiro atoms. The summed E-state index contributed by atoms with van der Waals surface area (Å²) in [5, 5.41) is 4.87. The molecule has 0 saturated carbocycles. The van der Waals surface area contributed by atoms with E-state index in [0.717, 1.165) is 80.6 Å². The highest BCUT2D eigenvalue weighted by Crippen LogP contribution is 2.30. The van der Waals surface area contributed by atoms with Crippen LogP contribution in [0.15, 0.2) is 53.1 Å². The third kappa shape index (κ3) is 6.76. The van der Waals surface area contributed by atoms with Crippen molar-refractivity contribution in [3.63, 3.8) is 0 Å². The van der Waals surface area contributed by atoms with Crippen molar-refractivity contribution in [3.8, 4) is 0 Å². The monoisotopic (exact) mass is 562 g/mol. The zero-order chi connectivity index (χ0) is 27.9. The second-order valence-corrected chi connectivity index (χ2v) is 11.3. The van der Waals surface area contributed by atoms with Crippen LogP contribution in [0.3, 0.4) is 0 Å². The largest absolute Gasteiger partial charge is 0.360 e. The van der Waals surface area contributed by atoms with Gasteiger partial charge in [-0.05, 0) is 55.4 Å². The lowest BCUT2D eigenvalue weighted by Crippen LogP contribution is -2.39. The Balaban J connectivity index is 1.50. The fourth-order valence-electron chi connectivity index (χ4n) is 5.81. The summed E-state index contributed by atoms with van der Waals surface area (Å²) in [5.74, 6) is 0.825. The SMILES string of the molecule is CCCC(=O)N1CCCN(Cc2ccccc2)CCN(C(=O)c2noc3c2CCCCC3)Cc2ccc(Cl)cc21. The van der Waals surface area contributed by atoms with E-state index < -0.39 is 0 Å². The molecule has 0 fully saturated rings. The number of rotatable bonds is 5. The highest BCUT2D eigenvalue weighted by atomic mass is 35.5. The van der Waals surface area contributed by atoms with Gasteiger partial charge in [-0.15, -0.1) is 0 Å². The van der Waals surface area contributed by atoms with Gasteiger partial charge < -0.3 is 14.3 Å². The molecule has 2 aromatic carbocycles.